The van der Waals surface area contributed by atoms with Crippen LogP contribution in [0.4, 0.5) is 17.2 Å². The van der Waals surface area contributed by atoms with Crippen LogP contribution in [0.1, 0.15) is 23.6 Å². The first-order chi connectivity index (χ1) is 16.7. The van der Waals surface area contributed by atoms with Crippen molar-refractivity contribution in [1.82, 2.24) is 14.5 Å². The maximum absolute atomic E-state index is 12.8. The molecule has 35 heavy (non-hydrogen) atoms. The molecule has 12 heteroatoms. The Balaban J connectivity index is 1.52. The van der Waals surface area contributed by atoms with Gasteiger partial charge < -0.3 is 20.2 Å². The van der Waals surface area contributed by atoms with Crippen LogP contribution in [-0.4, -0.2) is 38.9 Å². The number of aromatic amines is 1. The Morgan fingerprint density at radius 2 is 1.97 bits per heavy atom. The summed E-state index contributed by atoms with van der Waals surface area (Å²) >= 11 is 12.3. The van der Waals surface area contributed by atoms with Crippen molar-refractivity contribution in [2.75, 3.05) is 22.2 Å². The second-order valence-corrected chi connectivity index (χ2v) is 9.57. The number of nitrogens with one attached hydrogen (secondary N) is 2. The molecule has 1 saturated carbocycles. The molecule has 1 aliphatic carbocycles. The summed E-state index contributed by atoms with van der Waals surface area (Å²) in [5.41, 5.74) is 1.55. The molecule has 0 spiro atoms. The summed E-state index contributed by atoms with van der Waals surface area (Å²) in [4.78, 5) is 46.8. The first kappa shape index (κ1) is 23.3. The van der Waals surface area contributed by atoms with Gasteiger partial charge in [-0.3, -0.25) is 24.1 Å². The fourth-order valence-corrected chi connectivity index (χ4v) is 4.87. The molecule has 3 heterocycles. The van der Waals surface area contributed by atoms with E-state index < -0.39 is 29.4 Å². The van der Waals surface area contributed by atoms with Crippen LogP contribution < -0.4 is 26.4 Å². The first-order valence-corrected chi connectivity index (χ1v) is 11.6. The van der Waals surface area contributed by atoms with E-state index in [4.69, 9.17) is 23.2 Å². The van der Waals surface area contributed by atoms with E-state index in [2.05, 4.69) is 15.3 Å². The Morgan fingerprint density at radius 3 is 2.66 bits per heavy atom. The monoisotopic (exact) mass is 516 g/mol. The molecular weight excluding hydrogens is 495 g/mol. The molecule has 5 rings (SSSR count). The van der Waals surface area contributed by atoms with Gasteiger partial charge in [0.15, 0.2) is 6.29 Å². The van der Waals surface area contributed by atoms with Crippen LogP contribution in [-0.2, 0) is 18.4 Å². The zero-order valence-electron chi connectivity index (χ0n) is 18.8. The first-order valence-electron chi connectivity index (χ1n) is 10.9. The number of aromatic nitrogens is 3. The molecule has 3 atom stereocenters. The minimum atomic E-state index is -0.825. The van der Waals surface area contributed by atoms with Crippen LogP contribution in [0.5, 0.6) is 0 Å². The summed E-state index contributed by atoms with van der Waals surface area (Å²) in [5, 5.41) is 13.5. The Labute approximate surface area is 209 Å². The van der Waals surface area contributed by atoms with Crippen molar-refractivity contribution < 1.29 is 9.90 Å². The van der Waals surface area contributed by atoms with E-state index in [0.29, 0.717) is 45.9 Å². The molecule has 0 radical (unpaired) electrons. The van der Waals surface area contributed by atoms with Crippen molar-refractivity contribution in [3.8, 4) is 0 Å². The minimum absolute atomic E-state index is 0.122. The Kier molecular flexibility index (Phi) is 5.72. The van der Waals surface area contributed by atoms with Crippen molar-refractivity contribution >= 4 is 46.4 Å². The standard InChI is InChI=1S/C23H22Cl2N6O4/c1-29-18-19(32)28-23(35)30(2)20(18)31(10-11-3-4-15(24)16(25)7-11)22(29)27-12-5-6-26-17(8-12)13-9-14(13)21(33)34/h3-8,13-14,22H,9-10H2,1-2H3,(H,26,27)(H,33,34)(H,28,32,35). The smallest absolute Gasteiger partial charge is 0.329 e. The van der Waals surface area contributed by atoms with Crippen LogP contribution in [0.3, 0.4) is 0 Å². The molecular formula is C23H22Cl2N6O4. The van der Waals surface area contributed by atoms with Crippen LogP contribution in [0.25, 0.3) is 0 Å². The van der Waals surface area contributed by atoms with Gasteiger partial charge in [-0.1, -0.05) is 29.3 Å². The average Bonchev–Trinajstić information content (AvgIpc) is 3.58. The third-order valence-electron chi connectivity index (χ3n) is 6.46. The SMILES string of the molecule is CN1c2c(n(C)c(=O)[nH]c2=O)N(Cc2ccc(Cl)c(Cl)c2)C1Nc1ccnc(C2CC2C(=O)O)c1. The van der Waals surface area contributed by atoms with E-state index in [0.717, 1.165) is 5.56 Å². The number of carboxylic acids is 1. The van der Waals surface area contributed by atoms with Crippen LogP contribution in [0.2, 0.25) is 10.0 Å². The molecule has 0 saturated heterocycles. The second-order valence-electron chi connectivity index (χ2n) is 8.75. The number of anilines is 3. The largest absolute Gasteiger partial charge is 0.481 e. The van der Waals surface area contributed by atoms with Gasteiger partial charge in [-0.15, -0.1) is 0 Å². The van der Waals surface area contributed by atoms with Gasteiger partial charge >= 0.3 is 11.7 Å². The number of carbonyl (C=O) groups is 1. The lowest BCUT2D eigenvalue weighted by Crippen LogP contribution is -2.47. The summed E-state index contributed by atoms with van der Waals surface area (Å²) in [5.74, 6) is -0.916. The van der Waals surface area contributed by atoms with Crippen molar-refractivity contribution in [3.05, 3.63) is 78.7 Å². The zero-order chi connectivity index (χ0) is 25.0. The zero-order valence-corrected chi connectivity index (χ0v) is 20.3. The van der Waals surface area contributed by atoms with Gasteiger partial charge in [-0.05, 0) is 36.2 Å². The minimum Gasteiger partial charge on any atom is -0.481 e. The molecule has 3 N–H and O–H groups in total. The van der Waals surface area contributed by atoms with Gasteiger partial charge in [0.2, 0.25) is 0 Å². The quantitative estimate of drug-likeness (QED) is 0.456. The number of hydrogen-bond acceptors (Lipinski definition) is 7. The van der Waals surface area contributed by atoms with E-state index >= 15 is 0 Å². The predicted octanol–water partition coefficient (Wildman–Crippen LogP) is 2.82. The van der Waals surface area contributed by atoms with Gasteiger partial charge in [0.05, 0.1) is 16.0 Å². The second kappa shape index (κ2) is 8.62. The van der Waals surface area contributed by atoms with E-state index in [1.54, 1.807) is 43.4 Å². The van der Waals surface area contributed by atoms with Crippen LogP contribution in [0, 0.1) is 5.92 Å². The average molecular weight is 517 g/mol. The molecule has 3 unspecified atom stereocenters. The number of carboxylic acid groups (broad SMARTS) is 1. The van der Waals surface area contributed by atoms with E-state index in [1.165, 1.54) is 4.57 Å². The number of H-pyrrole nitrogens is 1. The Bertz CT molecular complexity index is 1450. The van der Waals surface area contributed by atoms with E-state index in [-0.39, 0.29) is 5.92 Å². The molecule has 2 aliphatic rings. The van der Waals surface area contributed by atoms with Crippen LogP contribution >= 0.6 is 23.2 Å². The molecule has 0 amide bonds. The number of fused-ring (bicyclic) bond motifs is 1. The number of rotatable bonds is 6. The maximum atomic E-state index is 12.8. The fourth-order valence-electron chi connectivity index (χ4n) is 4.55. The van der Waals surface area contributed by atoms with E-state index in [9.17, 15) is 19.5 Å². The van der Waals surface area contributed by atoms with Crippen LogP contribution in [0.15, 0.2) is 46.1 Å². The number of hydrogen-bond donors (Lipinski definition) is 3. The van der Waals surface area contributed by atoms with Gasteiger partial charge in [0.25, 0.3) is 5.56 Å². The highest BCUT2D eigenvalue weighted by molar-refractivity contribution is 6.42. The third kappa shape index (κ3) is 4.12. The Morgan fingerprint density at radius 1 is 1.20 bits per heavy atom. The van der Waals surface area contributed by atoms with Gasteiger partial charge in [0, 0.05) is 44.1 Å². The van der Waals surface area contributed by atoms with Crippen molar-refractivity contribution in [2.24, 2.45) is 13.0 Å². The van der Waals surface area contributed by atoms with Crippen molar-refractivity contribution in [3.63, 3.8) is 0 Å². The highest BCUT2D eigenvalue weighted by atomic mass is 35.5. The summed E-state index contributed by atoms with van der Waals surface area (Å²) in [7, 11) is 3.35. The molecule has 1 fully saturated rings. The highest BCUT2D eigenvalue weighted by Crippen LogP contribution is 2.47. The topological polar surface area (TPSA) is 124 Å². The number of nitrogens with zero attached hydrogens (tertiary/aromatic N) is 4. The summed E-state index contributed by atoms with van der Waals surface area (Å²) in [6.45, 7) is 0.324. The third-order valence-corrected chi connectivity index (χ3v) is 7.20. The molecule has 3 aromatic rings. The lowest BCUT2D eigenvalue weighted by molar-refractivity contribution is -0.138. The molecule has 182 valence electrons. The highest BCUT2D eigenvalue weighted by Gasteiger charge is 2.45. The molecule has 0 bridgehead atoms. The van der Waals surface area contributed by atoms with E-state index in [1.807, 2.05) is 17.0 Å². The van der Waals surface area contributed by atoms with Crippen molar-refractivity contribution in [2.45, 2.75) is 25.2 Å². The number of benzene rings is 1. The number of halogens is 2. The number of pyridine rings is 1. The van der Waals surface area contributed by atoms with Crippen molar-refractivity contribution in [1.29, 1.82) is 0 Å². The molecule has 1 aliphatic heterocycles. The summed E-state index contributed by atoms with van der Waals surface area (Å²) in [6, 6.07) is 8.87. The lowest BCUT2D eigenvalue weighted by atomic mass is 10.2. The molecule has 10 nitrogen and oxygen atoms in total. The lowest BCUT2D eigenvalue weighted by Gasteiger charge is -2.32. The summed E-state index contributed by atoms with van der Waals surface area (Å²) < 4.78 is 1.39. The van der Waals surface area contributed by atoms with Gasteiger partial charge in [0.1, 0.15) is 11.5 Å². The van der Waals surface area contributed by atoms with Gasteiger partial charge in [-0.2, -0.15) is 0 Å². The number of aliphatic carboxylic acids is 1. The predicted molar refractivity (Wildman–Crippen MR) is 133 cm³/mol. The normalized spacial score (nSPS) is 20.6. The van der Waals surface area contributed by atoms with Gasteiger partial charge in [-0.25, -0.2) is 4.79 Å². The summed E-state index contributed by atoms with van der Waals surface area (Å²) in [6.07, 6.45) is 1.64. The molecule has 2 aromatic heterocycles. The molecule has 1 aromatic carbocycles. The Hall–Kier alpha value is -3.50. The fraction of sp³-hybridized carbons (Fsp3) is 0.304. The maximum Gasteiger partial charge on any atom is 0.329 e.